The van der Waals surface area contributed by atoms with Crippen LogP contribution < -0.4 is 5.32 Å². The molecule has 0 aliphatic carbocycles. The third kappa shape index (κ3) is 3.10. The predicted octanol–water partition coefficient (Wildman–Crippen LogP) is 1.17. The summed E-state index contributed by atoms with van der Waals surface area (Å²) in [6.45, 7) is 2.05. The van der Waals surface area contributed by atoms with Crippen LogP contribution in [0.3, 0.4) is 0 Å². The summed E-state index contributed by atoms with van der Waals surface area (Å²) >= 11 is 0. The molecule has 0 aromatic heterocycles. The van der Waals surface area contributed by atoms with Gasteiger partial charge >= 0.3 is 0 Å². The lowest BCUT2D eigenvalue weighted by Crippen LogP contribution is -2.35. The summed E-state index contributed by atoms with van der Waals surface area (Å²) in [6, 6.07) is 7.14. The largest absolute Gasteiger partial charge is 0.348 e. The van der Waals surface area contributed by atoms with Gasteiger partial charge in [-0.2, -0.15) is 0 Å². The molecular formula is C13H17NO3S. The first-order valence-electron chi connectivity index (χ1n) is 6.10. The van der Waals surface area contributed by atoms with Crippen LogP contribution in [0.1, 0.15) is 29.3 Å². The van der Waals surface area contributed by atoms with Crippen LogP contribution in [0.25, 0.3) is 0 Å². The zero-order chi connectivity index (χ0) is 13.2. The predicted molar refractivity (Wildman–Crippen MR) is 70.3 cm³/mol. The van der Waals surface area contributed by atoms with Crippen molar-refractivity contribution in [2.24, 2.45) is 0 Å². The molecule has 1 atom stereocenters. The van der Waals surface area contributed by atoms with E-state index in [2.05, 4.69) is 12.2 Å². The van der Waals surface area contributed by atoms with Crippen molar-refractivity contribution < 1.29 is 13.2 Å². The SMILES string of the molecule is CCc1ccc(C(=O)N[C@@H]2CCS(=O)(=O)C2)cc1. The first kappa shape index (κ1) is 13.1. The van der Waals surface area contributed by atoms with Crippen molar-refractivity contribution in [3.05, 3.63) is 35.4 Å². The van der Waals surface area contributed by atoms with E-state index in [4.69, 9.17) is 0 Å². The molecule has 1 N–H and O–H groups in total. The van der Waals surface area contributed by atoms with Crippen molar-refractivity contribution in [2.75, 3.05) is 11.5 Å². The molecular weight excluding hydrogens is 250 g/mol. The van der Waals surface area contributed by atoms with Crippen molar-refractivity contribution in [3.63, 3.8) is 0 Å². The highest BCUT2D eigenvalue weighted by Crippen LogP contribution is 2.12. The van der Waals surface area contributed by atoms with Gasteiger partial charge in [-0.3, -0.25) is 4.79 Å². The van der Waals surface area contributed by atoms with E-state index < -0.39 is 9.84 Å². The van der Waals surface area contributed by atoms with Crippen LogP contribution in [0.15, 0.2) is 24.3 Å². The molecule has 1 saturated heterocycles. The molecule has 2 rings (SSSR count). The Morgan fingerprint density at radius 3 is 2.50 bits per heavy atom. The number of benzene rings is 1. The second-order valence-electron chi connectivity index (χ2n) is 4.62. The van der Waals surface area contributed by atoms with E-state index in [-0.39, 0.29) is 23.5 Å². The molecule has 0 unspecified atom stereocenters. The summed E-state index contributed by atoms with van der Waals surface area (Å²) in [6.07, 6.45) is 1.45. The average molecular weight is 267 g/mol. The quantitative estimate of drug-likeness (QED) is 0.894. The fraction of sp³-hybridized carbons (Fsp3) is 0.462. The normalized spacial score (nSPS) is 21.7. The van der Waals surface area contributed by atoms with Crippen molar-refractivity contribution in [1.29, 1.82) is 0 Å². The first-order valence-corrected chi connectivity index (χ1v) is 7.92. The lowest BCUT2D eigenvalue weighted by atomic mass is 10.1. The molecule has 1 heterocycles. The average Bonchev–Trinajstić information content (AvgIpc) is 2.68. The summed E-state index contributed by atoms with van der Waals surface area (Å²) in [4.78, 5) is 11.9. The number of nitrogens with one attached hydrogen (secondary N) is 1. The molecule has 1 aromatic rings. The van der Waals surface area contributed by atoms with Gasteiger partial charge in [-0.15, -0.1) is 0 Å². The van der Waals surface area contributed by atoms with E-state index in [1.54, 1.807) is 12.1 Å². The molecule has 1 aliphatic rings. The summed E-state index contributed by atoms with van der Waals surface area (Å²) < 4.78 is 22.6. The minimum Gasteiger partial charge on any atom is -0.348 e. The summed E-state index contributed by atoms with van der Waals surface area (Å²) in [5.41, 5.74) is 1.76. The van der Waals surface area contributed by atoms with Crippen molar-refractivity contribution in [3.8, 4) is 0 Å². The molecule has 98 valence electrons. The number of carbonyl (C=O) groups is 1. The van der Waals surface area contributed by atoms with Gasteiger partial charge in [0.1, 0.15) is 0 Å². The molecule has 18 heavy (non-hydrogen) atoms. The van der Waals surface area contributed by atoms with E-state index in [0.717, 1.165) is 6.42 Å². The van der Waals surface area contributed by atoms with Crippen LogP contribution in [-0.4, -0.2) is 31.9 Å². The minimum absolute atomic E-state index is 0.0613. The molecule has 0 bridgehead atoms. The highest BCUT2D eigenvalue weighted by Gasteiger charge is 2.28. The second-order valence-corrected chi connectivity index (χ2v) is 6.85. The van der Waals surface area contributed by atoms with Crippen molar-refractivity contribution >= 4 is 15.7 Å². The maximum absolute atomic E-state index is 11.9. The van der Waals surface area contributed by atoms with Gasteiger partial charge in [-0.05, 0) is 30.5 Å². The molecule has 0 radical (unpaired) electrons. The Labute approximate surface area is 107 Å². The number of rotatable bonds is 3. The first-order chi connectivity index (χ1) is 8.50. The van der Waals surface area contributed by atoms with Crippen LogP contribution >= 0.6 is 0 Å². The number of aryl methyl sites for hydroxylation is 1. The zero-order valence-corrected chi connectivity index (χ0v) is 11.2. The van der Waals surface area contributed by atoms with E-state index in [0.29, 0.717) is 12.0 Å². The molecule has 1 amide bonds. The summed E-state index contributed by atoms with van der Waals surface area (Å²) in [7, 11) is -2.95. The lowest BCUT2D eigenvalue weighted by molar-refractivity contribution is 0.0941. The summed E-state index contributed by atoms with van der Waals surface area (Å²) in [5.74, 6) is 0.0400. The molecule has 1 aliphatic heterocycles. The topological polar surface area (TPSA) is 63.2 Å². The Hall–Kier alpha value is -1.36. The van der Waals surface area contributed by atoms with Gasteiger partial charge in [0.05, 0.1) is 11.5 Å². The van der Waals surface area contributed by atoms with Crippen molar-refractivity contribution in [1.82, 2.24) is 5.32 Å². The number of amides is 1. The molecule has 5 heteroatoms. The molecule has 0 spiro atoms. The molecule has 0 saturated carbocycles. The Morgan fingerprint density at radius 2 is 2.00 bits per heavy atom. The van der Waals surface area contributed by atoms with Gasteiger partial charge in [-0.1, -0.05) is 19.1 Å². The minimum atomic E-state index is -2.95. The Balaban J connectivity index is 1.99. The molecule has 1 aromatic carbocycles. The third-order valence-corrected chi connectivity index (χ3v) is 4.96. The van der Waals surface area contributed by atoms with Crippen LogP contribution in [0.5, 0.6) is 0 Å². The van der Waals surface area contributed by atoms with E-state index in [9.17, 15) is 13.2 Å². The zero-order valence-electron chi connectivity index (χ0n) is 10.3. The van der Waals surface area contributed by atoms with Crippen molar-refractivity contribution in [2.45, 2.75) is 25.8 Å². The third-order valence-electron chi connectivity index (χ3n) is 3.19. The highest BCUT2D eigenvalue weighted by molar-refractivity contribution is 7.91. The Morgan fingerprint density at radius 1 is 1.33 bits per heavy atom. The summed E-state index contributed by atoms with van der Waals surface area (Å²) in [5, 5.41) is 2.77. The molecule has 1 fully saturated rings. The number of carbonyl (C=O) groups excluding carboxylic acids is 1. The van der Waals surface area contributed by atoms with E-state index in [1.807, 2.05) is 12.1 Å². The van der Waals surface area contributed by atoms with E-state index >= 15 is 0 Å². The molecule has 4 nitrogen and oxygen atoms in total. The van der Waals surface area contributed by atoms with Crippen LogP contribution in [0.2, 0.25) is 0 Å². The second kappa shape index (κ2) is 5.10. The maximum atomic E-state index is 11.9. The number of hydrogen-bond acceptors (Lipinski definition) is 3. The Bertz CT molecular complexity index is 534. The van der Waals surface area contributed by atoms with E-state index in [1.165, 1.54) is 5.56 Å². The number of sulfone groups is 1. The lowest BCUT2D eigenvalue weighted by Gasteiger charge is -2.10. The van der Waals surface area contributed by atoms with Crippen LogP contribution in [0.4, 0.5) is 0 Å². The smallest absolute Gasteiger partial charge is 0.251 e. The van der Waals surface area contributed by atoms with Gasteiger partial charge in [0.2, 0.25) is 0 Å². The van der Waals surface area contributed by atoms with Gasteiger partial charge < -0.3 is 5.32 Å². The van der Waals surface area contributed by atoms with Gasteiger partial charge in [0.25, 0.3) is 5.91 Å². The highest BCUT2D eigenvalue weighted by atomic mass is 32.2. The van der Waals surface area contributed by atoms with Gasteiger partial charge in [0, 0.05) is 11.6 Å². The standard InChI is InChI=1S/C13H17NO3S/c1-2-10-3-5-11(6-4-10)13(15)14-12-7-8-18(16,17)9-12/h3-6,12H,2,7-9H2,1H3,(H,14,15)/t12-/m1/s1. The van der Waals surface area contributed by atoms with Crippen LogP contribution in [0, 0.1) is 0 Å². The monoisotopic (exact) mass is 267 g/mol. The van der Waals surface area contributed by atoms with Gasteiger partial charge in [-0.25, -0.2) is 8.42 Å². The fourth-order valence-corrected chi connectivity index (χ4v) is 3.74. The van der Waals surface area contributed by atoms with Gasteiger partial charge in [0.15, 0.2) is 9.84 Å². The Kier molecular flexibility index (Phi) is 3.71. The maximum Gasteiger partial charge on any atom is 0.251 e. The number of hydrogen-bond donors (Lipinski definition) is 1. The fourth-order valence-electron chi connectivity index (χ4n) is 2.07. The van der Waals surface area contributed by atoms with Crippen LogP contribution in [-0.2, 0) is 16.3 Å².